The molecule has 3 heteroatoms. The second-order valence-electron chi connectivity index (χ2n) is 5.17. The molecule has 0 aromatic heterocycles. The molecule has 0 bridgehead atoms. The average molecular weight is 350 g/mol. The molecule has 1 unspecified atom stereocenters. The SMILES string of the molecule is Clc1ccc(C(Br)C2CCCCCCC2)c(Cl)c1. The largest absolute Gasteiger partial charge is 0.0843 e. The summed E-state index contributed by atoms with van der Waals surface area (Å²) in [6, 6.07) is 5.83. The van der Waals surface area contributed by atoms with Gasteiger partial charge in [-0.15, -0.1) is 0 Å². The van der Waals surface area contributed by atoms with Gasteiger partial charge in [0.25, 0.3) is 0 Å². The summed E-state index contributed by atoms with van der Waals surface area (Å²) in [5, 5.41) is 1.49. The van der Waals surface area contributed by atoms with Crippen LogP contribution in [0, 0.1) is 5.92 Å². The highest BCUT2D eigenvalue weighted by atomic mass is 79.9. The van der Waals surface area contributed by atoms with E-state index < -0.39 is 0 Å². The van der Waals surface area contributed by atoms with E-state index in [0.717, 1.165) is 5.02 Å². The van der Waals surface area contributed by atoms with Gasteiger partial charge in [0.05, 0.1) is 0 Å². The van der Waals surface area contributed by atoms with E-state index in [9.17, 15) is 0 Å². The zero-order valence-corrected chi connectivity index (χ0v) is 13.6. The molecule has 2 rings (SSSR count). The summed E-state index contributed by atoms with van der Waals surface area (Å²) >= 11 is 16.1. The van der Waals surface area contributed by atoms with Gasteiger partial charge in [0.2, 0.25) is 0 Å². The molecule has 0 N–H and O–H groups in total. The molecular weight excluding hydrogens is 331 g/mol. The van der Waals surface area contributed by atoms with Gasteiger partial charge in [-0.2, -0.15) is 0 Å². The average Bonchev–Trinajstić information content (AvgIpc) is 2.27. The van der Waals surface area contributed by atoms with Crippen LogP contribution in [0.25, 0.3) is 0 Å². The van der Waals surface area contributed by atoms with Gasteiger partial charge in [-0.3, -0.25) is 0 Å². The standard InChI is InChI=1S/C15H19BrCl2/c16-15(11-6-4-2-1-3-5-7-11)13-9-8-12(17)10-14(13)18/h8-11,15H,1-7H2. The third-order valence-corrected chi connectivity index (χ3v) is 5.63. The van der Waals surface area contributed by atoms with Gasteiger partial charge in [-0.05, 0) is 36.5 Å². The van der Waals surface area contributed by atoms with Crippen molar-refractivity contribution in [1.29, 1.82) is 0 Å². The summed E-state index contributed by atoms with van der Waals surface area (Å²) in [4.78, 5) is 0.361. The number of rotatable bonds is 2. The molecule has 1 aliphatic carbocycles. The van der Waals surface area contributed by atoms with Gasteiger partial charge < -0.3 is 0 Å². The fraction of sp³-hybridized carbons (Fsp3) is 0.600. The Hall–Kier alpha value is 0.280. The second kappa shape index (κ2) is 7.17. The molecule has 1 saturated carbocycles. The minimum Gasteiger partial charge on any atom is -0.0843 e. The van der Waals surface area contributed by atoms with Crippen molar-refractivity contribution in [3.05, 3.63) is 33.8 Å². The van der Waals surface area contributed by atoms with Crippen molar-refractivity contribution in [2.24, 2.45) is 5.92 Å². The Kier molecular flexibility index (Phi) is 5.85. The zero-order chi connectivity index (χ0) is 13.0. The van der Waals surface area contributed by atoms with E-state index in [1.165, 1.54) is 50.5 Å². The molecule has 1 aromatic carbocycles. The van der Waals surface area contributed by atoms with Crippen molar-refractivity contribution in [1.82, 2.24) is 0 Å². The van der Waals surface area contributed by atoms with Crippen LogP contribution in [0.1, 0.15) is 55.3 Å². The molecule has 1 aliphatic rings. The highest BCUT2D eigenvalue weighted by molar-refractivity contribution is 9.09. The quantitative estimate of drug-likeness (QED) is 0.515. The van der Waals surface area contributed by atoms with Gasteiger partial charge in [0, 0.05) is 14.9 Å². The topological polar surface area (TPSA) is 0 Å². The van der Waals surface area contributed by atoms with Crippen molar-refractivity contribution >= 4 is 39.1 Å². The maximum absolute atomic E-state index is 6.30. The van der Waals surface area contributed by atoms with Crippen LogP contribution < -0.4 is 0 Å². The van der Waals surface area contributed by atoms with Crippen LogP contribution in [0.5, 0.6) is 0 Å². The maximum atomic E-state index is 6.30. The summed E-state index contributed by atoms with van der Waals surface area (Å²) in [6.07, 6.45) is 9.45. The number of alkyl halides is 1. The van der Waals surface area contributed by atoms with Crippen LogP contribution in [-0.4, -0.2) is 0 Å². The maximum Gasteiger partial charge on any atom is 0.0464 e. The first kappa shape index (κ1) is 14.7. The number of hydrogen-bond acceptors (Lipinski definition) is 0. The first-order valence-electron chi connectivity index (χ1n) is 6.77. The Morgan fingerprint density at radius 2 is 1.61 bits per heavy atom. The molecule has 0 radical (unpaired) electrons. The predicted octanol–water partition coefficient (Wildman–Crippen LogP) is 6.79. The third-order valence-electron chi connectivity index (χ3n) is 3.82. The van der Waals surface area contributed by atoms with E-state index in [0.29, 0.717) is 15.8 Å². The minimum absolute atomic E-state index is 0.361. The molecule has 0 amide bonds. The Morgan fingerprint density at radius 3 is 2.22 bits per heavy atom. The summed E-state index contributed by atoms with van der Waals surface area (Å²) in [5.41, 5.74) is 1.19. The molecule has 0 heterocycles. The van der Waals surface area contributed by atoms with Crippen LogP contribution in [0.2, 0.25) is 10.0 Å². The van der Waals surface area contributed by atoms with E-state index in [1.54, 1.807) is 0 Å². The van der Waals surface area contributed by atoms with Crippen molar-refractivity contribution in [3.8, 4) is 0 Å². The Balaban J connectivity index is 2.10. The van der Waals surface area contributed by atoms with Gasteiger partial charge in [-0.25, -0.2) is 0 Å². The molecule has 1 aromatic rings. The van der Waals surface area contributed by atoms with Crippen LogP contribution in [0.3, 0.4) is 0 Å². The lowest BCUT2D eigenvalue weighted by molar-refractivity contribution is 0.374. The normalized spacial score (nSPS) is 20.2. The van der Waals surface area contributed by atoms with Crippen molar-refractivity contribution < 1.29 is 0 Å². The highest BCUT2D eigenvalue weighted by Gasteiger charge is 2.23. The summed E-state index contributed by atoms with van der Waals surface area (Å²) < 4.78 is 0. The van der Waals surface area contributed by atoms with Crippen molar-refractivity contribution in [2.75, 3.05) is 0 Å². The monoisotopic (exact) mass is 348 g/mol. The first-order valence-corrected chi connectivity index (χ1v) is 8.44. The van der Waals surface area contributed by atoms with E-state index in [4.69, 9.17) is 23.2 Å². The lowest BCUT2D eigenvalue weighted by Crippen LogP contribution is -2.10. The van der Waals surface area contributed by atoms with E-state index in [1.807, 2.05) is 12.1 Å². The summed E-state index contributed by atoms with van der Waals surface area (Å²) in [5.74, 6) is 0.698. The third kappa shape index (κ3) is 3.88. The van der Waals surface area contributed by atoms with Gasteiger partial charge >= 0.3 is 0 Å². The molecule has 18 heavy (non-hydrogen) atoms. The molecule has 1 atom stereocenters. The zero-order valence-electron chi connectivity index (χ0n) is 10.5. The number of benzene rings is 1. The molecule has 100 valence electrons. The lowest BCUT2D eigenvalue weighted by atomic mass is 9.86. The van der Waals surface area contributed by atoms with E-state index in [-0.39, 0.29) is 0 Å². The number of halogens is 3. The summed E-state index contributed by atoms with van der Waals surface area (Å²) in [7, 11) is 0. The minimum atomic E-state index is 0.361. The highest BCUT2D eigenvalue weighted by Crippen LogP contribution is 2.41. The number of hydrogen-bond donors (Lipinski definition) is 0. The molecular formula is C15H19BrCl2. The van der Waals surface area contributed by atoms with E-state index in [2.05, 4.69) is 22.0 Å². The summed E-state index contributed by atoms with van der Waals surface area (Å²) in [6.45, 7) is 0. The molecule has 1 fully saturated rings. The van der Waals surface area contributed by atoms with Crippen LogP contribution in [0.15, 0.2) is 18.2 Å². The molecule has 0 aliphatic heterocycles. The molecule has 0 nitrogen and oxygen atoms in total. The second-order valence-corrected chi connectivity index (χ2v) is 7.00. The Morgan fingerprint density at radius 1 is 1.00 bits per heavy atom. The van der Waals surface area contributed by atoms with Gasteiger partial charge in [-0.1, -0.05) is 77.3 Å². The first-order chi connectivity index (χ1) is 8.68. The molecule has 0 spiro atoms. The fourth-order valence-corrected chi connectivity index (χ4v) is 4.35. The van der Waals surface area contributed by atoms with Crippen molar-refractivity contribution in [2.45, 2.75) is 49.8 Å². The predicted molar refractivity (Wildman–Crippen MR) is 83.9 cm³/mol. The smallest absolute Gasteiger partial charge is 0.0464 e. The van der Waals surface area contributed by atoms with Crippen LogP contribution in [0.4, 0.5) is 0 Å². The van der Waals surface area contributed by atoms with Gasteiger partial charge in [0.15, 0.2) is 0 Å². The van der Waals surface area contributed by atoms with Crippen LogP contribution in [-0.2, 0) is 0 Å². The van der Waals surface area contributed by atoms with Crippen LogP contribution >= 0.6 is 39.1 Å². The Labute approximate surface area is 128 Å². The molecule has 0 saturated heterocycles. The van der Waals surface area contributed by atoms with E-state index >= 15 is 0 Å². The van der Waals surface area contributed by atoms with Gasteiger partial charge in [0.1, 0.15) is 0 Å². The lowest BCUT2D eigenvalue weighted by Gasteiger charge is -2.25. The fourth-order valence-electron chi connectivity index (χ4n) is 2.76. The Bertz CT molecular complexity index is 384. The van der Waals surface area contributed by atoms with Crippen molar-refractivity contribution in [3.63, 3.8) is 0 Å².